The Bertz CT molecular complexity index is 565. The van der Waals surface area contributed by atoms with E-state index < -0.39 is 0 Å². The van der Waals surface area contributed by atoms with E-state index in [2.05, 4.69) is 20.6 Å². The van der Waals surface area contributed by atoms with Crippen molar-refractivity contribution in [2.75, 3.05) is 18.5 Å². The third-order valence-electron chi connectivity index (χ3n) is 3.64. The molecule has 108 valence electrons. The monoisotopic (exact) mass is 277 g/mol. The SMILES string of the molecule is Cc1nnc(NC[C@@H]2CCCO[C@H]2c2ccnn2C)o1. The Morgan fingerprint density at radius 3 is 3.05 bits per heavy atom. The summed E-state index contributed by atoms with van der Waals surface area (Å²) in [6.07, 6.45) is 4.05. The molecule has 1 saturated heterocycles. The average molecular weight is 277 g/mol. The summed E-state index contributed by atoms with van der Waals surface area (Å²) in [5.74, 6) is 0.932. The molecule has 2 atom stereocenters. The van der Waals surface area contributed by atoms with Gasteiger partial charge in [0.1, 0.15) is 6.10 Å². The number of aryl methyl sites for hydroxylation is 2. The highest BCUT2D eigenvalue weighted by Gasteiger charge is 2.29. The molecule has 1 fully saturated rings. The molecule has 20 heavy (non-hydrogen) atoms. The van der Waals surface area contributed by atoms with Gasteiger partial charge in [-0.3, -0.25) is 4.68 Å². The lowest BCUT2D eigenvalue weighted by atomic mass is 9.92. The maximum atomic E-state index is 5.94. The summed E-state index contributed by atoms with van der Waals surface area (Å²) in [5.41, 5.74) is 1.11. The Labute approximate surface area is 117 Å². The Morgan fingerprint density at radius 2 is 2.35 bits per heavy atom. The lowest BCUT2D eigenvalue weighted by molar-refractivity contribution is -0.0285. The van der Waals surface area contributed by atoms with Crippen LogP contribution in [0.1, 0.15) is 30.5 Å². The molecule has 2 aromatic heterocycles. The molecular formula is C13H19N5O2. The largest absolute Gasteiger partial charge is 0.408 e. The van der Waals surface area contributed by atoms with Gasteiger partial charge in [0.2, 0.25) is 5.89 Å². The van der Waals surface area contributed by atoms with E-state index in [9.17, 15) is 0 Å². The van der Waals surface area contributed by atoms with Crippen LogP contribution in [0.15, 0.2) is 16.7 Å². The maximum Gasteiger partial charge on any atom is 0.315 e. The molecule has 0 unspecified atom stereocenters. The third-order valence-corrected chi connectivity index (χ3v) is 3.64. The second-order valence-corrected chi connectivity index (χ2v) is 5.08. The standard InChI is InChI=1S/C13H19N5O2/c1-9-16-17-13(20-9)14-8-10-4-3-7-19-12(10)11-5-6-15-18(11)2/h5-6,10,12H,3-4,7-8H2,1-2H3,(H,14,17)/t10-,12+/m0/s1. The van der Waals surface area contributed by atoms with Crippen LogP contribution in [0.25, 0.3) is 0 Å². The highest BCUT2D eigenvalue weighted by molar-refractivity contribution is 5.18. The van der Waals surface area contributed by atoms with Crippen molar-refractivity contribution in [2.45, 2.75) is 25.9 Å². The Kier molecular flexibility index (Phi) is 3.68. The van der Waals surface area contributed by atoms with E-state index in [0.717, 1.165) is 31.7 Å². The average Bonchev–Trinajstić information content (AvgIpc) is 3.05. The van der Waals surface area contributed by atoms with Gasteiger partial charge in [-0.2, -0.15) is 5.10 Å². The van der Waals surface area contributed by atoms with Crippen LogP contribution in [0.5, 0.6) is 0 Å². The van der Waals surface area contributed by atoms with Crippen molar-refractivity contribution < 1.29 is 9.15 Å². The minimum atomic E-state index is 0.0627. The highest BCUT2D eigenvalue weighted by atomic mass is 16.5. The van der Waals surface area contributed by atoms with Gasteiger partial charge in [-0.25, -0.2) is 0 Å². The van der Waals surface area contributed by atoms with E-state index in [1.54, 1.807) is 13.1 Å². The number of anilines is 1. The quantitative estimate of drug-likeness (QED) is 0.916. The van der Waals surface area contributed by atoms with Crippen LogP contribution < -0.4 is 5.32 Å². The first-order valence-electron chi connectivity index (χ1n) is 6.87. The molecule has 3 rings (SSSR count). The van der Waals surface area contributed by atoms with Gasteiger partial charge in [-0.15, -0.1) is 5.10 Å². The number of nitrogens with zero attached hydrogens (tertiary/aromatic N) is 4. The van der Waals surface area contributed by atoms with Gasteiger partial charge in [-0.05, 0) is 18.9 Å². The van der Waals surface area contributed by atoms with E-state index in [1.807, 2.05) is 17.8 Å². The first-order chi connectivity index (χ1) is 9.74. The predicted molar refractivity (Wildman–Crippen MR) is 72.1 cm³/mol. The van der Waals surface area contributed by atoms with Gasteiger partial charge in [0, 0.05) is 39.2 Å². The zero-order valence-electron chi connectivity index (χ0n) is 11.7. The minimum absolute atomic E-state index is 0.0627. The second-order valence-electron chi connectivity index (χ2n) is 5.08. The van der Waals surface area contributed by atoms with Crippen LogP contribution in [-0.4, -0.2) is 33.1 Å². The van der Waals surface area contributed by atoms with Gasteiger partial charge < -0.3 is 14.5 Å². The summed E-state index contributed by atoms with van der Waals surface area (Å²) in [7, 11) is 1.94. The molecule has 2 aromatic rings. The van der Waals surface area contributed by atoms with Gasteiger partial charge in [0.05, 0.1) is 5.69 Å². The molecule has 7 nitrogen and oxygen atoms in total. The fourth-order valence-electron chi connectivity index (χ4n) is 2.63. The van der Waals surface area contributed by atoms with E-state index in [1.165, 1.54) is 0 Å². The van der Waals surface area contributed by atoms with Crippen LogP contribution in [0, 0.1) is 12.8 Å². The van der Waals surface area contributed by atoms with Crippen molar-refractivity contribution in [1.82, 2.24) is 20.0 Å². The lowest BCUT2D eigenvalue weighted by Gasteiger charge is -2.31. The Hall–Kier alpha value is -1.89. The van der Waals surface area contributed by atoms with E-state index in [-0.39, 0.29) is 6.10 Å². The van der Waals surface area contributed by atoms with Crippen molar-refractivity contribution in [1.29, 1.82) is 0 Å². The Balaban J connectivity index is 1.68. The number of hydrogen-bond acceptors (Lipinski definition) is 6. The molecule has 0 aromatic carbocycles. The van der Waals surface area contributed by atoms with Crippen LogP contribution >= 0.6 is 0 Å². The zero-order chi connectivity index (χ0) is 13.9. The van der Waals surface area contributed by atoms with Crippen molar-refractivity contribution in [3.8, 4) is 0 Å². The fraction of sp³-hybridized carbons (Fsp3) is 0.615. The number of hydrogen-bond donors (Lipinski definition) is 1. The number of aromatic nitrogens is 4. The molecule has 7 heteroatoms. The van der Waals surface area contributed by atoms with E-state index in [4.69, 9.17) is 9.15 Å². The normalized spacial score (nSPS) is 22.9. The molecule has 0 aliphatic carbocycles. The number of ether oxygens (including phenoxy) is 1. The van der Waals surface area contributed by atoms with Crippen molar-refractivity contribution in [3.63, 3.8) is 0 Å². The van der Waals surface area contributed by atoms with Crippen LogP contribution in [-0.2, 0) is 11.8 Å². The number of nitrogens with one attached hydrogen (secondary N) is 1. The third kappa shape index (κ3) is 2.67. The highest BCUT2D eigenvalue weighted by Crippen LogP contribution is 2.33. The van der Waals surface area contributed by atoms with Crippen LogP contribution in [0.4, 0.5) is 6.01 Å². The minimum Gasteiger partial charge on any atom is -0.408 e. The predicted octanol–water partition coefficient (Wildman–Crippen LogP) is 1.69. The van der Waals surface area contributed by atoms with Gasteiger partial charge >= 0.3 is 6.01 Å². The lowest BCUT2D eigenvalue weighted by Crippen LogP contribution is -2.29. The van der Waals surface area contributed by atoms with Crippen molar-refractivity contribution in [3.05, 3.63) is 23.8 Å². The molecule has 1 aliphatic heterocycles. The molecule has 0 saturated carbocycles. The zero-order valence-corrected chi connectivity index (χ0v) is 11.7. The summed E-state index contributed by atoms with van der Waals surface area (Å²) in [5, 5.41) is 15.2. The smallest absolute Gasteiger partial charge is 0.315 e. The molecule has 3 heterocycles. The van der Waals surface area contributed by atoms with Gasteiger partial charge in [0.25, 0.3) is 0 Å². The maximum absolute atomic E-state index is 5.94. The summed E-state index contributed by atoms with van der Waals surface area (Å²) >= 11 is 0. The van der Waals surface area contributed by atoms with E-state index in [0.29, 0.717) is 17.8 Å². The molecule has 0 spiro atoms. The first-order valence-corrected chi connectivity index (χ1v) is 6.87. The molecule has 0 bridgehead atoms. The summed E-state index contributed by atoms with van der Waals surface area (Å²) in [6, 6.07) is 2.48. The molecule has 1 N–H and O–H groups in total. The summed E-state index contributed by atoms with van der Waals surface area (Å²) in [6.45, 7) is 3.32. The molecule has 1 aliphatic rings. The second kappa shape index (κ2) is 5.62. The van der Waals surface area contributed by atoms with Crippen LogP contribution in [0.3, 0.4) is 0 Å². The van der Waals surface area contributed by atoms with E-state index >= 15 is 0 Å². The Morgan fingerprint density at radius 1 is 1.45 bits per heavy atom. The summed E-state index contributed by atoms with van der Waals surface area (Å²) in [4.78, 5) is 0. The number of rotatable bonds is 4. The topological polar surface area (TPSA) is 78.0 Å². The van der Waals surface area contributed by atoms with Crippen molar-refractivity contribution in [2.24, 2.45) is 13.0 Å². The van der Waals surface area contributed by atoms with Crippen molar-refractivity contribution >= 4 is 6.01 Å². The molecular weight excluding hydrogens is 258 g/mol. The van der Waals surface area contributed by atoms with Crippen LogP contribution in [0.2, 0.25) is 0 Å². The first kappa shape index (κ1) is 13.1. The molecule has 0 radical (unpaired) electrons. The summed E-state index contributed by atoms with van der Waals surface area (Å²) < 4.78 is 13.1. The van der Waals surface area contributed by atoms with Gasteiger partial charge in [0.15, 0.2) is 0 Å². The van der Waals surface area contributed by atoms with Gasteiger partial charge in [-0.1, -0.05) is 5.10 Å². The molecule has 0 amide bonds. The fourth-order valence-corrected chi connectivity index (χ4v) is 2.63.